The SMILES string of the molecule is CCNC(=NCc1nc(C(F)(F)F)cs1)NCCN1CCc2sccc2C1.I. The predicted octanol–water partition coefficient (Wildman–Crippen LogP) is 3.95. The van der Waals surface area contributed by atoms with Crippen LogP contribution in [0, 0.1) is 0 Å². The molecule has 2 aromatic heterocycles. The Balaban J connectivity index is 0.00000280. The summed E-state index contributed by atoms with van der Waals surface area (Å²) in [6.07, 6.45) is -3.31. The summed E-state index contributed by atoms with van der Waals surface area (Å²) < 4.78 is 37.8. The first-order valence-corrected chi connectivity index (χ1v) is 10.5. The van der Waals surface area contributed by atoms with Crippen LogP contribution in [0.3, 0.4) is 0 Å². The Kier molecular flexibility index (Phi) is 8.96. The van der Waals surface area contributed by atoms with Crippen molar-refractivity contribution < 1.29 is 13.2 Å². The highest BCUT2D eigenvalue weighted by Gasteiger charge is 2.33. The van der Waals surface area contributed by atoms with Crippen molar-refractivity contribution >= 4 is 52.6 Å². The molecule has 11 heteroatoms. The van der Waals surface area contributed by atoms with Crippen LogP contribution in [0.25, 0.3) is 0 Å². The van der Waals surface area contributed by atoms with Gasteiger partial charge < -0.3 is 10.6 Å². The van der Waals surface area contributed by atoms with Gasteiger partial charge in [0.05, 0.1) is 6.54 Å². The lowest BCUT2D eigenvalue weighted by atomic mass is 10.1. The smallest absolute Gasteiger partial charge is 0.357 e. The zero-order chi connectivity index (χ0) is 19.3. The molecule has 0 spiro atoms. The standard InChI is InChI=1S/C17H22F3N5S2.HI/c1-2-21-16(23-9-15-24-14(11-27-15)17(18,19)20)22-5-7-25-6-3-13-12(10-25)4-8-26-13;/h4,8,11H,2-3,5-7,9-10H2,1H3,(H2,21,22,23);1H. The molecule has 0 saturated carbocycles. The molecular formula is C17H23F3IN5S2. The van der Waals surface area contributed by atoms with E-state index in [1.54, 1.807) is 0 Å². The average molecular weight is 545 g/mol. The summed E-state index contributed by atoms with van der Waals surface area (Å²) in [5, 5.41) is 9.88. The third kappa shape index (κ3) is 6.56. The van der Waals surface area contributed by atoms with E-state index in [1.807, 2.05) is 18.3 Å². The Bertz CT molecular complexity index is 775. The first kappa shape index (κ1) is 23.4. The van der Waals surface area contributed by atoms with Crippen molar-refractivity contribution in [1.29, 1.82) is 0 Å². The van der Waals surface area contributed by atoms with Crippen LogP contribution in [0.5, 0.6) is 0 Å². The van der Waals surface area contributed by atoms with Gasteiger partial charge in [0, 0.05) is 43.0 Å². The second kappa shape index (κ2) is 10.7. The maximum Gasteiger partial charge on any atom is 0.434 e. The molecule has 3 rings (SSSR count). The second-order valence-corrected chi connectivity index (χ2v) is 8.08. The fourth-order valence-corrected chi connectivity index (χ4v) is 4.45. The molecule has 0 aliphatic carbocycles. The molecule has 0 atom stereocenters. The number of guanidine groups is 1. The number of aliphatic imine (C=N–C) groups is 1. The number of alkyl halides is 3. The molecule has 3 heterocycles. The summed E-state index contributed by atoms with van der Waals surface area (Å²) in [7, 11) is 0. The van der Waals surface area contributed by atoms with Crippen LogP contribution in [0.1, 0.15) is 28.1 Å². The number of halogens is 4. The first-order valence-electron chi connectivity index (χ1n) is 8.77. The molecular weight excluding hydrogens is 522 g/mol. The Hall–Kier alpha value is -0.920. The van der Waals surface area contributed by atoms with E-state index < -0.39 is 11.9 Å². The summed E-state index contributed by atoms with van der Waals surface area (Å²) in [5.74, 6) is 0.592. The van der Waals surface area contributed by atoms with Gasteiger partial charge in [0.2, 0.25) is 0 Å². The number of fused-ring (bicyclic) bond motifs is 1. The van der Waals surface area contributed by atoms with Gasteiger partial charge in [0.25, 0.3) is 0 Å². The van der Waals surface area contributed by atoms with Gasteiger partial charge in [-0.1, -0.05) is 0 Å². The maximum absolute atomic E-state index is 12.6. The normalized spacial score (nSPS) is 15.1. The van der Waals surface area contributed by atoms with Gasteiger partial charge in [-0.05, 0) is 30.4 Å². The fourth-order valence-electron chi connectivity index (χ4n) is 2.83. The summed E-state index contributed by atoms with van der Waals surface area (Å²) in [4.78, 5) is 11.8. The zero-order valence-corrected chi connectivity index (χ0v) is 19.3. The lowest BCUT2D eigenvalue weighted by Crippen LogP contribution is -2.42. The lowest BCUT2D eigenvalue weighted by molar-refractivity contribution is -0.140. The highest BCUT2D eigenvalue weighted by atomic mass is 127. The Labute approximate surface area is 187 Å². The molecule has 5 nitrogen and oxygen atoms in total. The van der Waals surface area contributed by atoms with Gasteiger partial charge in [-0.15, -0.1) is 46.7 Å². The molecule has 28 heavy (non-hydrogen) atoms. The molecule has 1 aliphatic rings. The minimum Gasteiger partial charge on any atom is -0.357 e. The van der Waals surface area contributed by atoms with Gasteiger partial charge in [0.1, 0.15) is 5.01 Å². The average Bonchev–Trinajstić information content (AvgIpc) is 3.28. The van der Waals surface area contributed by atoms with Crippen LogP contribution in [-0.4, -0.2) is 42.0 Å². The summed E-state index contributed by atoms with van der Waals surface area (Å²) in [6.45, 7) is 6.37. The molecule has 0 saturated heterocycles. The van der Waals surface area contributed by atoms with Crippen molar-refractivity contribution in [2.45, 2.75) is 32.6 Å². The van der Waals surface area contributed by atoms with E-state index in [2.05, 4.69) is 37.0 Å². The van der Waals surface area contributed by atoms with Crippen LogP contribution < -0.4 is 10.6 Å². The molecule has 0 unspecified atom stereocenters. The third-order valence-corrected chi connectivity index (χ3v) is 6.02. The van der Waals surface area contributed by atoms with Crippen LogP contribution in [0.4, 0.5) is 13.2 Å². The summed E-state index contributed by atoms with van der Waals surface area (Å²) in [6, 6.07) is 2.19. The summed E-state index contributed by atoms with van der Waals surface area (Å²) >= 11 is 2.80. The second-order valence-electron chi connectivity index (χ2n) is 6.14. The number of thiophene rings is 1. The van der Waals surface area contributed by atoms with E-state index in [0.29, 0.717) is 17.5 Å². The summed E-state index contributed by atoms with van der Waals surface area (Å²) in [5.41, 5.74) is 0.560. The quantitative estimate of drug-likeness (QED) is 0.328. The van der Waals surface area contributed by atoms with E-state index >= 15 is 0 Å². The number of nitrogens with one attached hydrogen (secondary N) is 2. The van der Waals surface area contributed by atoms with Crippen LogP contribution >= 0.6 is 46.7 Å². The van der Waals surface area contributed by atoms with E-state index in [0.717, 1.165) is 49.3 Å². The van der Waals surface area contributed by atoms with Gasteiger partial charge >= 0.3 is 6.18 Å². The van der Waals surface area contributed by atoms with Crippen LogP contribution in [0.2, 0.25) is 0 Å². The molecule has 0 bridgehead atoms. The van der Waals surface area contributed by atoms with Crippen molar-refractivity contribution in [3.05, 3.63) is 38.0 Å². The lowest BCUT2D eigenvalue weighted by Gasteiger charge is -2.27. The van der Waals surface area contributed by atoms with E-state index in [1.165, 1.54) is 10.4 Å². The Morgan fingerprint density at radius 2 is 2.14 bits per heavy atom. The molecule has 0 amide bonds. The predicted molar refractivity (Wildman–Crippen MR) is 119 cm³/mol. The number of nitrogens with zero attached hydrogens (tertiary/aromatic N) is 3. The van der Waals surface area contributed by atoms with Crippen LogP contribution in [0.15, 0.2) is 21.8 Å². The molecule has 0 fully saturated rings. The largest absolute Gasteiger partial charge is 0.434 e. The van der Waals surface area contributed by atoms with E-state index in [4.69, 9.17) is 0 Å². The molecule has 1 aliphatic heterocycles. The maximum atomic E-state index is 12.6. The van der Waals surface area contributed by atoms with Gasteiger partial charge in [-0.3, -0.25) is 4.90 Å². The highest BCUT2D eigenvalue weighted by molar-refractivity contribution is 14.0. The first-order chi connectivity index (χ1) is 13.0. The number of thiazole rings is 1. The van der Waals surface area contributed by atoms with Crippen molar-refractivity contribution in [1.82, 2.24) is 20.5 Å². The number of hydrogen-bond donors (Lipinski definition) is 2. The van der Waals surface area contributed by atoms with Crippen LogP contribution in [-0.2, 0) is 25.7 Å². The van der Waals surface area contributed by atoms with E-state index in [9.17, 15) is 13.2 Å². The monoisotopic (exact) mass is 545 g/mol. The Morgan fingerprint density at radius 1 is 1.32 bits per heavy atom. The molecule has 2 N–H and O–H groups in total. The van der Waals surface area contributed by atoms with Crippen molar-refractivity contribution in [3.63, 3.8) is 0 Å². The van der Waals surface area contributed by atoms with Gasteiger partial charge in [0.15, 0.2) is 11.7 Å². The third-order valence-electron chi connectivity index (χ3n) is 4.17. The van der Waals surface area contributed by atoms with Gasteiger partial charge in [-0.2, -0.15) is 13.2 Å². The minimum atomic E-state index is -4.40. The minimum absolute atomic E-state index is 0. The molecule has 156 valence electrons. The van der Waals surface area contributed by atoms with Crippen molar-refractivity contribution in [2.24, 2.45) is 4.99 Å². The van der Waals surface area contributed by atoms with Crippen molar-refractivity contribution in [3.8, 4) is 0 Å². The molecule has 0 aromatic carbocycles. The fraction of sp³-hybridized carbons (Fsp3) is 0.529. The number of hydrogen-bond acceptors (Lipinski definition) is 5. The highest BCUT2D eigenvalue weighted by Crippen LogP contribution is 2.30. The van der Waals surface area contributed by atoms with Gasteiger partial charge in [-0.25, -0.2) is 9.98 Å². The van der Waals surface area contributed by atoms with Crippen molar-refractivity contribution in [2.75, 3.05) is 26.2 Å². The Morgan fingerprint density at radius 3 is 2.86 bits per heavy atom. The van der Waals surface area contributed by atoms with E-state index in [-0.39, 0.29) is 30.5 Å². The zero-order valence-electron chi connectivity index (χ0n) is 15.4. The molecule has 2 aromatic rings. The topological polar surface area (TPSA) is 52.6 Å². The number of rotatable bonds is 6. The molecule has 0 radical (unpaired) electrons. The number of aromatic nitrogens is 1.